The lowest BCUT2D eigenvalue weighted by atomic mass is 10.1. The SMILES string of the molecule is Cc1ccc(-c2ccnn2C)cc1NC(=O)Nc1ccc(Oc2cccnc2)nc1. The van der Waals surface area contributed by atoms with E-state index in [1.54, 1.807) is 47.5 Å². The van der Waals surface area contributed by atoms with Crippen LogP contribution in [0, 0.1) is 6.92 Å². The van der Waals surface area contributed by atoms with Gasteiger partial charge in [0, 0.05) is 36.8 Å². The Hall–Kier alpha value is -4.20. The van der Waals surface area contributed by atoms with Gasteiger partial charge in [-0.15, -0.1) is 0 Å². The first-order valence-electron chi connectivity index (χ1n) is 9.29. The van der Waals surface area contributed by atoms with Crippen LogP contribution >= 0.6 is 0 Å². The highest BCUT2D eigenvalue weighted by atomic mass is 16.5. The summed E-state index contributed by atoms with van der Waals surface area (Å²) in [6.07, 6.45) is 6.54. The van der Waals surface area contributed by atoms with Gasteiger partial charge >= 0.3 is 6.03 Å². The lowest BCUT2D eigenvalue weighted by Gasteiger charge is -2.12. The zero-order chi connectivity index (χ0) is 20.9. The maximum absolute atomic E-state index is 12.5. The number of anilines is 2. The zero-order valence-electron chi connectivity index (χ0n) is 16.5. The van der Waals surface area contributed by atoms with Gasteiger partial charge < -0.3 is 15.4 Å². The van der Waals surface area contributed by atoms with Crippen molar-refractivity contribution >= 4 is 17.4 Å². The van der Waals surface area contributed by atoms with Crippen molar-refractivity contribution in [3.63, 3.8) is 0 Å². The van der Waals surface area contributed by atoms with Crippen LogP contribution in [0.15, 0.2) is 73.3 Å². The van der Waals surface area contributed by atoms with Crippen molar-refractivity contribution in [1.29, 1.82) is 0 Å². The van der Waals surface area contributed by atoms with Gasteiger partial charge in [-0.25, -0.2) is 9.78 Å². The highest BCUT2D eigenvalue weighted by Crippen LogP contribution is 2.25. The minimum Gasteiger partial charge on any atom is -0.437 e. The van der Waals surface area contributed by atoms with Crippen LogP contribution in [-0.2, 0) is 7.05 Å². The van der Waals surface area contributed by atoms with Crippen LogP contribution in [-0.4, -0.2) is 25.8 Å². The van der Waals surface area contributed by atoms with Crippen LogP contribution in [0.3, 0.4) is 0 Å². The number of hydrogen-bond donors (Lipinski definition) is 2. The summed E-state index contributed by atoms with van der Waals surface area (Å²) in [5.74, 6) is 1.00. The number of carbonyl (C=O) groups excluding carboxylic acids is 1. The monoisotopic (exact) mass is 400 g/mol. The zero-order valence-corrected chi connectivity index (χ0v) is 16.5. The third kappa shape index (κ3) is 4.44. The predicted molar refractivity (Wildman–Crippen MR) is 115 cm³/mol. The molecule has 0 atom stereocenters. The van der Waals surface area contributed by atoms with Crippen molar-refractivity contribution in [1.82, 2.24) is 19.7 Å². The molecule has 0 bridgehead atoms. The van der Waals surface area contributed by atoms with E-state index in [1.165, 1.54) is 6.20 Å². The largest absolute Gasteiger partial charge is 0.437 e. The average Bonchev–Trinajstić information content (AvgIpc) is 3.18. The van der Waals surface area contributed by atoms with Gasteiger partial charge in [0.2, 0.25) is 5.88 Å². The molecule has 0 radical (unpaired) electrons. The highest BCUT2D eigenvalue weighted by Gasteiger charge is 2.09. The lowest BCUT2D eigenvalue weighted by Crippen LogP contribution is -2.20. The second-order valence-corrected chi connectivity index (χ2v) is 6.62. The summed E-state index contributed by atoms with van der Waals surface area (Å²) < 4.78 is 7.39. The van der Waals surface area contributed by atoms with E-state index in [1.807, 2.05) is 38.2 Å². The number of amides is 2. The Morgan fingerprint density at radius 3 is 2.63 bits per heavy atom. The molecule has 3 heterocycles. The van der Waals surface area contributed by atoms with E-state index in [-0.39, 0.29) is 6.03 Å². The van der Waals surface area contributed by atoms with Crippen molar-refractivity contribution in [3.05, 3.63) is 78.9 Å². The Kier molecular flexibility index (Phi) is 5.38. The fourth-order valence-corrected chi connectivity index (χ4v) is 2.90. The molecule has 150 valence electrons. The average molecular weight is 400 g/mol. The smallest absolute Gasteiger partial charge is 0.323 e. The molecule has 1 aromatic carbocycles. The summed E-state index contributed by atoms with van der Waals surface area (Å²) in [6, 6.07) is 14.4. The first kappa shape index (κ1) is 19.1. The molecule has 4 rings (SSSR count). The first-order valence-corrected chi connectivity index (χ1v) is 9.29. The minimum atomic E-state index is -0.358. The molecule has 4 aromatic rings. The number of nitrogens with one attached hydrogen (secondary N) is 2. The van der Waals surface area contributed by atoms with E-state index in [0.717, 1.165) is 22.5 Å². The molecule has 30 heavy (non-hydrogen) atoms. The Bertz CT molecular complexity index is 1160. The molecule has 0 aliphatic carbocycles. The molecule has 0 saturated carbocycles. The normalized spacial score (nSPS) is 10.5. The Labute approximate surface area is 173 Å². The van der Waals surface area contributed by atoms with Crippen LogP contribution in [0.5, 0.6) is 11.6 Å². The molecule has 8 nitrogen and oxygen atoms in total. The fraction of sp³-hybridized carbons (Fsp3) is 0.0909. The van der Waals surface area contributed by atoms with Crippen molar-refractivity contribution < 1.29 is 9.53 Å². The lowest BCUT2D eigenvalue weighted by molar-refractivity contribution is 0.262. The molecule has 2 amide bonds. The van der Waals surface area contributed by atoms with Crippen LogP contribution in [0.1, 0.15) is 5.56 Å². The summed E-state index contributed by atoms with van der Waals surface area (Å²) >= 11 is 0. The molecule has 0 fully saturated rings. The van der Waals surface area contributed by atoms with Crippen LogP contribution in [0.4, 0.5) is 16.2 Å². The number of hydrogen-bond acceptors (Lipinski definition) is 5. The fourth-order valence-electron chi connectivity index (χ4n) is 2.90. The Morgan fingerprint density at radius 2 is 1.93 bits per heavy atom. The number of urea groups is 1. The van der Waals surface area contributed by atoms with Gasteiger partial charge in [-0.05, 0) is 42.8 Å². The second kappa shape index (κ2) is 8.44. The number of ether oxygens (including phenoxy) is 1. The van der Waals surface area contributed by atoms with Crippen molar-refractivity contribution in [2.45, 2.75) is 6.92 Å². The minimum absolute atomic E-state index is 0.358. The third-order valence-electron chi connectivity index (χ3n) is 4.45. The third-order valence-corrected chi connectivity index (χ3v) is 4.45. The van der Waals surface area contributed by atoms with Crippen molar-refractivity contribution in [2.24, 2.45) is 7.05 Å². The molecule has 0 spiro atoms. The van der Waals surface area contributed by atoms with E-state index >= 15 is 0 Å². The highest BCUT2D eigenvalue weighted by molar-refractivity contribution is 6.00. The Morgan fingerprint density at radius 1 is 1.03 bits per heavy atom. The molecule has 2 N–H and O–H groups in total. The summed E-state index contributed by atoms with van der Waals surface area (Å²) in [5.41, 5.74) is 4.15. The van der Waals surface area contributed by atoms with Gasteiger partial charge in [-0.2, -0.15) is 5.10 Å². The molecule has 0 aliphatic heterocycles. The number of benzene rings is 1. The quantitative estimate of drug-likeness (QED) is 0.510. The van der Waals surface area contributed by atoms with Crippen LogP contribution in [0.25, 0.3) is 11.3 Å². The number of rotatable bonds is 5. The van der Waals surface area contributed by atoms with Crippen LogP contribution < -0.4 is 15.4 Å². The van der Waals surface area contributed by atoms with Gasteiger partial charge in [0.25, 0.3) is 0 Å². The molecule has 0 unspecified atom stereocenters. The van der Waals surface area contributed by atoms with Crippen molar-refractivity contribution in [2.75, 3.05) is 10.6 Å². The van der Waals surface area contributed by atoms with Gasteiger partial charge in [-0.3, -0.25) is 9.67 Å². The van der Waals surface area contributed by atoms with Crippen LogP contribution in [0.2, 0.25) is 0 Å². The molecular formula is C22H20N6O2. The summed E-state index contributed by atoms with van der Waals surface area (Å²) in [6.45, 7) is 1.94. The maximum Gasteiger partial charge on any atom is 0.323 e. The Balaban J connectivity index is 1.42. The maximum atomic E-state index is 12.5. The summed E-state index contributed by atoms with van der Waals surface area (Å²) in [5, 5.41) is 9.86. The molecular weight excluding hydrogens is 380 g/mol. The van der Waals surface area contributed by atoms with E-state index in [0.29, 0.717) is 17.3 Å². The predicted octanol–water partition coefficient (Wildman–Crippen LogP) is 4.62. The van der Waals surface area contributed by atoms with E-state index in [9.17, 15) is 4.79 Å². The molecule has 3 aromatic heterocycles. The second-order valence-electron chi connectivity index (χ2n) is 6.62. The molecule has 8 heteroatoms. The van der Waals surface area contributed by atoms with Gasteiger partial charge in [-0.1, -0.05) is 12.1 Å². The van der Waals surface area contributed by atoms with E-state index in [2.05, 4.69) is 25.7 Å². The molecule has 0 aliphatic rings. The van der Waals surface area contributed by atoms with Crippen molar-refractivity contribution in [3.8, 4) is 22.9 Å². The van der Waals surface area contributed by atoms with E-state index in [4.69, 9.17) is 4.74 Å². The summed E-state index contributed by atoms with van der Waals surface area (Å²) in [7, 11) is 1.88. The standard InChI is InChI=1S/C22H20N6O2/c1-15-5-6-16(20-9-11-25-28(20)2)12-19(15)27-22(29)26-17-7-8-21(24-13-17)30-18-4-3-10-23-14-18/h3-14H,1-2H3,(H2,26,27,29). The summed E-state index contributed by atoms with van der Waals surface area (Å²) in [4.78, 5) is 20.7. The van der Waals surface area contributed by atoms with Gasteiger partial charge in [0.15, 0.2) is 0 Å². The topological polar surface area (TPSA) is 94.0 Å². The number of pyridine rings is 2. The number of aryl methyl sites for hydroxylation is 2. The first-order chi connectivity index (χ1) is 14.6. The van der Waals surface area contributed by atoms with Gasteiger partial charge in [0.05, 0.1) is 23.8 Å². The van der Waals surface area contributed by atoms with Gasteiger partial charge in [0.1, 0.15) is 5.75 Å². The number of nitrogens with zero attached hydrogens (tertiary/aromatic N) is 4. The van der Waals surface area contributed by atoms with E-state index < -0.39 is 0 Å². The number of carbonyl (C=O) groups is 1. The molecule has 0 saturated heterocycles. The number of aromatic nitrogens is 4.